The Bertz CT molecular complexity index is 1160. The van der Waals surface area contributed by atoms with Gasteiger partial charge >= 0.3 is 0 Å². The Balaban J connectivity index is 1.30. The Labute approximate surface area is 178 Å². The van der Waals surface area contributed by atoms with Crippen molar-refractivity contribution in [3.63, 3.8) is 0 Å². The van der Waals surface area contributed by atoms with Crippen LogP contribution >= 0.6 is 0 Å². The summed E-state index contributed by atoms with van der Waals surface area (Å²) in [6.07, 6.45) is 3.66. The van der Waals surface area contributed by atoms with Gasteiger partial charge in [0.25, 0.3) is 0 Å². The zero-order valence-electron chi connectivity index (χ0n) is 16.6. The van der Waals surface area contributed by atoms with Gasteiger partial charge in [0, 0.05) is 30.8 Å². The molecule has 0 fully saturated rings. The number of benzene rings is 2. The third kappa shape index (κ3) is 5.54. The summed E-state index contributed by atoms with van der Waals surface area (Å²) in [5.41, 5.74) is 1.79. The first-order valence-electron chi connectivity index (χ1n) is 9.79. The quantitative estimate of drug-likeness (QED) is 0.435. The number of aryl methyl sites for hydroxylation is 1. The summed E-state index contributed by atoms with van der Waals surface area (Å²) in [6.45, 7) is 0.340. The number of halogens is 1. The van der Waals surface area contributed by atoms with E-state index >= 15 is 0 Å². The Morgan fingerprint density at radius 2 is 1.90 bits per heavy atom. The number of anilines is 1. The fraction of sp³-hybridized carbons (Fsp3) is 0.125. The second-order valence-corrected chi connectivity index (χ2v) is 6.78. The van der Waals surface area contributed by atoms with Crippen LogP contribution in [0.15, 0.2) is 83.5 Å². The van der Waals surface area contributed by atoms with Gasteiger partial charge < -0.3 is 14.5 Å². The molecule has 7 heteroatoms. The van der Waals surface area contributed by atoms with E-state index in [9.17, 15) is 9.18 Å². The van der Waals surface area contributed by atoms with Crippen molar-refractivity contribution in [2.75, 3.05) is 5.32 Å². The van der Waals surface area contributed by atoms with E-state index in [0.717, 1.165) is 5.69 Å². The number of carbonyl (C=O) groups is 1. The highest BCUT2D eigenvalue weighted by atomic mass is 19.1. The maximum Gasteiger partial charge on any atom is 0.224 e. The number of nitrogens with one attached hydrogen (secondary N) is 1. The van der Waals surface area contributed by atoms with Crippen molar-refractivity contribution in [3.8, 4) is 17.1 Å². The molecule has 31 heavy (non-hydrogen) atoms. The first kappa shape index (κ1) is 20.3. The van der Waals surface area contributed by atoms with Crippen molar-refractivity contribution in [1.82, 2.24) is 9.97 Å². The van der Waals surface area contributed by atoms with E-state index in [1.54, 1.807) is 42.6 Å². The van der Waals surface area contributed by atoms with Gasteiger partial charge in [0.05, 0.1) is 17.5 Å². The predicted octanol–water partition coefficient (Wildman–Crippen LogP) is 5.03. The molecule has 2 aromatic heterocycles. The van der Waals surface area contributed by atoms with Crippen molar-refractivity contribution >= 4 is 11.6 Å². The van der Waals surface area contributed by atoms with Crippen LogP contribution in [0.2, 0.25) is 0 Å². The lowest BCUT2D eigenvalue weighted by atomic mass is 10.2. The number of hydrogen-bond acceptors (Lipinski definition) is 5. The minimum Gasteiger partial charge on any atom is -0.487 e. The van der Waals surface area contributed by atoms with Crippen LogP contribution in [0.3, 0.4) is 0 Å². The Morgan fingerprint density at radius 1 is 1.03 bits per heavy atom. The smallest absolute Gasteiger partial charge is 0.224 e. The van der Waals surface area contributed by atoms with E-state index < -0.39 is 0 Å². The highest BCUT2D eigenvalue weighted by Gasteiger charge is 2.12. The van der Waals surface area contributed by atoms with Crippen LogP contribution in [0.5, 0.6) is 5.75 Å². The van der Waals surface area contributed by atoms with Gasteiger partial charge in [-0.15, -0.1) is 0 Å². The topological polar surface area (TPSA) is 77.2 Å². The number of hydrogen-bond donors (Lipinski definition) is 1. The average molecular weight is 417 g/mol. The molecule has 0 bridgehead atoms. The molecule has 0 aliphatic rings. The third-order valence-corrected chi connectivity index (χ3v) is 4.49. The minimum absolute atomic E-state index is 0.177. The molecule has 1 amide bonds. The van der Waals surface area contributed by atoms with E-state index in [-0.39, 0.29) is 18.1 Å². The summed E-state index contributed by atoms with van der Waals surface area (Å²) >= 11 is 0. The maximum atomic E-state index is 13.9. The largest absolute Gasteiger partial charge is 0.487 e. The molecule has 4 aromatic rings. The third-order valence-electron chi connectivity index (χ3n) is 4.49. The predicted molar refractivity (Wildman–Crippen MR) is 114 cm³/mol. The van der Waals surface area contributed by atoms with E-state index in [0.29, 0.717) is 41.7 Å². The number of carbonyl (C=O) groups excluding carboxylic acids is 1. The van der Waals surface area contributed by atoms with Gasteiger partial charge in [0.15, 0.2) is 11.7 Å². The summed E-state index contributed by atoms with van der Waals surface area (Å²) < 4.78 is 25.2. The van der Waals surface area contributed by atoms with Crippen molar-refractivity contribution in [2.24, 2.45) is 0 Å². The number of nitrogens with zero attached hydrogens (tertiary/aromatic N) is 2. The molecule has 0 saturated carbocycles. The monoisotopic (exact) mass is 417 g/mol. The standard InChI is InChI=1S/C24H20FN3O3/c25-21-10-2-1-9-20(21)22-15-27-24(31-22)12-11-23(29)28-17-7-5-8-19(14-17)30-16-18-6-3-4-13-26-18/h1-10,13-15H,11-12,16H2,(H,28,29). The number of oxazole rings is 1. The van der Waals surface area contributed by atoms with Crippen LogP contribution in [0.4, 0.5) is 10.1 Å². The molecule has 156 valence electrons. The first-order valence-corrected chi connectivity index (χ1v) is 9.79. The van der Waals surface area contributed by atoms with E-state index in [2.05, 4.69) is 15.3 Å². The second-order valence-electron chi connectivity index (χ2n) is 6.78. The van der Waals surface area contributed by atoms with Gasteiger partial charge in [-0.05, 0) is 36.4 Å². The molecule has 0 aliphatic carbocycles. The normalized spacial score (nSPS) is 10.6. The van der Waals surface area contributed by atoms with Gasteiger partial charge in [-0.25, -0.2) is 9.37 Å². The van der Waals surface area contributed by atoms with Crippen LogP contribution < -0.4 is 10.1 Å². The van der Waals surface area contributed by atoms with Crippen LogP contribution in [0.25, 0.3) is 11.3 Å². The second kappa shape index (κ2) is 9.67. The van der Waals surface area contributed by atoms with E-state index in [1.807, 2.05) is 24.3 Å². The van der Waals surface area contributed by atoms with Gasteiger partial charge in [0.2, 0.25) is 5.91 Å². The molecule has 0 atom stereocenters. The Morgan fingerprint density at radius 3 is 2.74 bits per heavy atom. The van der Waals surface area contributed by atoms with E-state index in [4.69, 9.17) is 9.15 Å². The number of ether oxygens (including phenoxy) is 1. The van der Waals surface area contributed by atoms with Crippen molar-refractivity contribution in [1.29, 1.82) is 0 Å². The zero-order valence-corrected chi connectivity index (χ0v) is 16.6. The Hall–Kier alpha value is -4.00. The van der Waals surface area contributed by atoms with Crippen molar-refractivity contribution in [3.05, 3.63) is 96.5 Å². The molecular weight excluding hydrogens is 397 g/mol. The maximum absolute atomic E-state index is 13.9. The fourth-order valence-electron chi connectivity index (χ4n) is 2.96. The van der Waals surface area contributed by atoms with Crippen LogP contribution in [-0.4, -0.2) is 15.9 Å². The highest BCUT2D eigenvalue weighted by molar-refractivity contribution is 5.90. The number of pyridine rings is 1. The summed E-state index contributed by atoms with van der Waals surface area (Å²) in [6, 6.07) is 19.1. The number of amides is 1. The number of rotatable bonds is 8. The van der Waals surface area contributed by atoms with E-state index in [1.165, 1.54) is 12.3 Å². The number of aromatic nitrogens is 2. The summed E-state index contributed by atoms with van der Waals surface area (Å²) in [5, 5.41) is 2.83. The summed E-state index contributed by atoms with van der Waals surface area (Å²) in [5.74, 6) is 0.776. The summed E-state index contributed by atoms with van der Waals surface area (Å²) in [4.78, 5) is 20.7. The lowest BCUT2D eigenvalue weighted by Crippen LogP contribution is -2.12. The molecule has 0 saturated heterocycles. The van der Waals surface area contributed by atoms with Gasteiger partial charge in [-0.1, -0.05) is 24.3 Å². The van der Waals surface area contributed by atoms with Gasteiger partial charge in [-0.2, -0.15) is 0 Å². The molecule has 0 spiro atoms. The first-order chi connectivity index (χ1) is 15.2. The molecule has 0 aliphatic heterocycles. The molecule has 6 nitrogen and oxygen atoms in total. The minimum atomic E-state index is -0.381. The molecule has 0 unspecified atom stereocenters. The van der Waals surface area contributed by atoms with Crippen LogP contribution in [0, 0.1) is 5.82 Å². The fourth-order valence-corrected chi connectivity index (χ4v) is 2.96. The lowest BCUT2D eigenvalue weighted by molar-refractivity contribution is -0.116. The molecule has 0 radical (unpaired) electrons. The molecule has 1 N–H and O–H groups in total. The lowest BCUT2D eigenvalue weighted by Gasteiger charge is -2.09. The Kier molecular flexibility index (Phi) is 6.32. The molecule has 2 heterocycles. The van der Waals surface area contributed by atoms with Gasteiger partial charge in [-0.3, -0.25) is 9.78 Å². The van der Waals surface area contributed by atoms with Crippen LogP contribution in [0.1, 0.15) is 18.0 Å². The molecule has 4 rings (SSSR count). The van der Waals surface area contributed by atoms with Crippen molar-refractivity contribution < 1.29 is 18.3 Å². The molecule has 2 aromatic carbocycles. The summed E-state index contributed by atoms with van der Waals surface area (Å²) in [7, 11) is 0. The highest BCUT2D eigenvalue weighted by Crippen LogP contribution is 2.24. The van der Waals surface area contributed by atoms with Gasteiger partial charge in [0.1, 0.15) is 18.2 Å². The SMILES string of the molecule is O=C(CCc1ncc(-c2ccccc2F)o1)Nc1cccc(OCc2ccccn2)c1. The molecular formula is C24H20FN3O3. The average Bonchev–Trinajstić information content (AvgIpc) is 3.26. The van der Waals surface area contributed by atoms with Crippen LogP contribution in [-0.2, 0) is 17.8 Å². The zero-order chi connectivity index (χ0) is 21.5. The van der Waals surface area contributed by atoms with Crippen molar-refractivity contribution in [2.45, 2.75) is 19.4 Å².